The molecule has 2 atom stereocenters. The van der Waals surface area contributed by atoms with Crippen LogP contribution in [0, 0.1) is 11.7 Å². The molecule has 0 aliphatic heterocycles. The fourth-order valence-electron chi connectivity index (χ4n) is 3.28. The smallest absolute Gasteiger partial charge is 0.335 e. The van der Waals surface area contributed by atoms with Crippen LogP contribution < -0.4 is 15.4 Å². The predicted octanol–water partition coefficient (Wildman–Crippen LogP) is 2.93. The standard InChI is InChI=1S/C24H31FN2O5/c1-3-32-18-13-11-17(12-14-18)7-6-8-19(22(28)24(30)31-2)23(29)27-16-15-26-21-10-5-4-9-20(21)25/h4-5,9-14,19,22,26,28H,3,6-8,15-16H2,1-2H3,(H,27,29)/t19?,22-/m0/s1. The molecule has 0 aliphatic carbocycles. The number of anilines is 1. The number of rotatable bonds is 13. The number of amides is 1. The van der Waals surface area contributed by atoms with E-state index in [9.17, 15) is 19.1 Å². The third-order valence-electron chi connectivity index (χ3n) is 4.99. The van der Waals surface area contributed by atoms with Gasteiger partial charge in [-0.1, -0.05) is 24.3 Å². The number of nitrogens with one attached hydrogen (secondary N) is 2. The summed E-state index contributed by atoms with van der Waals surface area (Å²) in [6.07, 6.45) is 0.0163. The molecule has 1 amide bonds. The largest absolute Gasteiger partial charge is 0.494 e. The van der Waals surface area contributed by atoms with Crippen LogP contribution in [0.25, 0.3) is 0 Å². The number of esters is 1. The lowest BCUT2D eigenvalue weighted by atomic mass is 9.93. The van der Waals surface area contributed by atoms with Gasteiger partial charge in [0.1, 0.15) is 11.6 Å². The minimum absolute atomic E-state index is 0.205. The fraction of sp³-hybridized carbons (Fsp3) is 0.417. The van der Waals surface area contributed by atoms with Crippen LogP contribution >= 0.6 is 0 Å². The molecule has 3 N–H and O–H groups in total. The molecule has 0 aliphatic rings. The minimum atomic E-state index is -1.56. The van der Waals surface area contributed by atoms with Gasteiger partial charge in [-0.05, 0) is 56.0 Å². The molecule has 8 heteroatoms. The summed E-state index contributed by atoms with van der Waals surface area (Å²) in [6, 6.07) is 13.9. The minimum Gasteiger partial charge on any atom is -0.494 e. The molecule has 174 valence electrons. The van der Waals surface area contributed by atoms with Crippen molar-refractivity contribution in [3.63, 3.8) is 0 Å². The lowest BCUT2D eigenvalue weighted by molar-refractivity contribution is -0.156. The van der Waals surface area contributed by atoms with Gasteiger partial charge in [0.25, 0.3) is 0 Å². The van der Waals surface area contributed by atoms with Gasteiger partial charge in [0.05, 0.1) is 25.3 Å². The molecular weight excluding hydrogens is 415 g/mol. The Morgan fingerprint density at radius 1 is 1.09 bits per heavy atom. The van der Waals surface area contributed by atoms with E-state index in [0.717, 1.165) is 11.3 Å². The zero-order valence-corrected chi connectivity index (χ0v) is 18.5. The molecule has 2 rings (SSSR count). The number of aliphatic hydroxyl groups is 1. The van der Waals surface area contributed by atoms with E-state index in [-0.39, 0.29) is 12.4 Å². The highest BCUT2D eigenvalue weighted by molar-refractivity contribution is 5.86. The molecule has 0 bridgehead atoms. The second kappa shape index (κ2) is 13.3. The van der Waals surface area contributed by atoms with Crippen LogP contribution in [0.2, 0.25) is 0 Å². The van der Waals surface area contributed by atoms with Crippen LogP contribution in [0.5, 0.6) is 5.75 Å². The van der Waals surface area contributed by atoms with Gasteiger partial charge in [-0.3, -0.25) is 4.79 Å². The van der Waals surface area contributed by atoms with Gasteiger partial charge in [-0.15, -0.1) is 0 Å². The molecule has 1 unspecified atom stereocenters. The Balaban J connectivity index is 1.87. The van der Waals surface area contributed by atoms with Crippen molar-refractivity contribution in [1.29, 1.82) is 0 Å². The molecule has 2 aromatic rings. The van der Waals surface area contributed by atoms with Gasteiger partial charge in [-0.25, -0.2) is 9.18 Å². The average Bonchev–Trinajstić information content (AvgIpc) is 2.80. The van der Waals surface area contributed by atoms with Crippen LogP contribution in [0.15, 0.2) is 48.5 Å². The Labute approximate surface area is 187 Å². The maximum atomic E-state index is 13.6. The number of aryl methyl sites for hydroxylation is 1. The number of para-hydroxylation sites is 1. The van der Waals surface area contributed by atoms with Crippen LogP contribution in [0.4, 0.5) is 10.1 Å². The zero-order chi connectivity index (χ0) is 23.3. The van der Waals surface area contributed by atoms with E-state index in [1.54, 1.807) is 18.2 Å². The number of aliphatic hydroxyl groups excluding tert-OH is 1. The Hall–Kier alpha value is -3.13. The third kappa shape index (κ3) is 7.85. The SMILES string of the molecule is CCOc1ccc(CCCC(C(=O)NCCNc2ccccc2F)[C@H](O)C(=O)OC)cc1. The van der Waals surface area contributed by atoms with E-state index in [1.165, 1.54) is 13.2 Å². The Morgan fingerprint density at radius 3 is 2.47 bits per heavy atom. The van der Waals surface area contributed by atoms with Crippen LogP contribution in [0.3, 0.4) is 0 Å². The van der Waals surface area contributed by atoms with Crippen LogP contribution in [-0.2, 0) is 20.7 Å². The normalized spacial score (nSPS) is 12.5. The van der Waals surface area contributed by atoms with Gasteiger partial charge < -0.3 is 25.2 Å². The molecule has 7 nitrogen and oxygen atoms in total. The van der Waals surface area contributed by atoms with E-state index in [0.29, 0.717) is 38.1 Å². The Bertz CT molecular complexity index is 860. The second-order valence-corrected chi connectivity index (χ2v) is 7.24. The van der Waals surface area contributed by atoms with Gasteiger partial charge >= 0.3 is 5.97 Å². The van der Waals surface area contributed by atoms with E-state index >= 15 is 0 Å². The summed E-state index contributed by atoms with van der Waals surface area (Å²) in [4.78, 5) is 24.5. The summed E-state index contributed by atoms with van der Waals surface area (Å²) in [7, 11) is 1.17. The number of carbonyl (C=O) groups is 2. The van der Waals surface area contributed by atoms with E-state index < -0.39 is 23.9 Å². The first kappa shape index (κ1) is 25.1. The molecule has 0 fully saturated rings. The van der Waals surface area contributed by atoms with E-state index in [1.807, 2.05) is 31.2 Å². The highest BCUT2D eigenvalue weighted by Gasteiger charge is 2.32. The second-order valence-electron chi connectivity index (χ2n) is 7.24. The number of benzene rings is 2. The molecule has 0 saturated carbocycles. The van der Waals surface area contributed by atoms with Crippen molar-refractivity contribution in [3.05, 3.63) is 59.9 Å². The summed E-state index contributed by atoms with van der Waals surface area (Å²) in [5, 5.41) is 15.9. The lowest BCUT2D eigenvalue weighted by Gasteiger charge is -2.21. The van der Waals surface area contributed by atoms with Gasteiger partial charge in [0, 0.05) is 13.1 Å². The van der Waals surface area contributed by atoms with Crippen molar-refractivity contribution < 1.29 is 28.6 Å². The number of hydrogen-bond acceptors (Lipinski definition) is 6. The van der Waals surface area contributed by atoms with Crippen molar-refractivity contribution in [2.24, 2.45) is 5.92 Å². The summed E-state index contributed by atoms with van der Waals surface area (Å²) < 4.78 is 23.7. The molecule has 0 radical (unpaired) electrons. The number of hydrogen-bond donors (Lipinski definition) is 3. The summed E-state index contributed by atoms with van der Waals surface area (Å²) in [5.41, 5.74) is 1.40. The molecule has 0 saturated heterocycles. The maximum absolute atomic E-state index is 13.6. The lowest BCUT2D eigenvalue weighted by Crippen LogP contribution is -2.43. The van der Waals surface area contributed by atoms with Crippen molar-refractivity contribution in [3.8, 4) is 5.75 Å². The number of halogens is 1. The predicted molar refractivity (Wildman–Crippen MR) is 120 cm³/mol. The monoisotopic (exact) mass is 446 g/mol. The molecule has 32 heavy (non-hydrogen) atoms. The van der Waals surface area contributed by atoms with Crippen molar-refractivity contribution in [1.82, 2.24) is 5.32 Å². The summed E-state index contributed by atoms with van der Waals surface area (Å²) in [6.45, 7) is 3.01. The first-order valence-electron chi connectivity index (χ1n) is 10.7. The van der Waals surface area contributed by atoms with Gasteiger partial charge in [0.2, 0.25) is 5.91 Å². The molecule has 0 aromatic heterocycles. The first-order valence-corrected chi connectivity index (χ1v) is 10.7. The van der Waals surface area contributed by atoms with Crippen molar-refractivity contribution >= 4 is 17.6 Å². The highest BCUT2D eigenvalue weighted by atomic mass is 19.1. The highest BCUT2D eigenvalue weighted by Crippen LogP contribution is 2.18. The molecule has 0 heterocycles. The average molecular weight is 447 g/mol. The molecule has 2 aromatic carbocycles. The van der Waals surface area contributed by atoms with Crippen molar-refractivity contribution in [2.75, 3.05) is 32.1 Å². The molecule has 0 spiro atoms. The third-order valence-corrected chi connectivity index (χ3v) is 4.99. The zero-order valence-electron chi connectivity index (χ0n) is 18.5. The Morgan fingerprint density at radius 2 is 1.81 bits per heavy atom. The fourth-order valence-corrected chi connectivity index (χ4v) is 3.28. The van der Waals surface area contributed by atoms with E-state index in [4.69, 9.17) is 4.74 Å². The number of methoxy groups -OCH3 is 1. The number of ether oxygens (including phenoxy) is 2. The van der Waals surface area contributed by atoms with Crippen molar-refractivity contribution in [2.45, 2.75) is 32.3 Å². The first-order chi connectivity index (χ1) is 15.5. The van der Waals surface area contributed by atoms with Gasteiger partial charge in [0.15, 0.2) is 6.10 Å². The summed E-state index contributed by atoms with van der Waals surface area (Å²) >= 11 is 0. The quantitative estimate of drug-likeness (QED) is 0.323. The molecular formula is C24H31FN2O5. The maximum Gasteiger partial charge on any atom is 0.335 e. The van der Waals surface area contributed by atoms with E-state index in [2.05, 4.69) is 15.4 Å². The summed E-state index contributed by atoms with van der Waals surface area (Å²) in [5.74, 6) is -1.84. The van der Waals surface area contributed by atoms with Gasteiger partial charge in [-0.2, -0.15) is 0 Å². The number of carbonyl (C=O) groups excluding carboxylic acids is 2. The topological polar surface area (TPSA) is 96.9 Å². The Kier molecular flexibility index (Phi) is 10.5. The van der Waals surface area contributed by atoms with Crippen LogP contribution in [-0.4, -0.2) is 49.9 Å². The van der Waals surface area contributed by atoms with Crippen LogP contribution in [0.1, 0.15) is 25.3 Å².